The molecule has 1 saturated heterocycles. The Hall–Kier alpha value is -1.03. The van der Waals surface area contributed by atoms with E-state index in [1.807, 2.05) is 0 Å². The fraction of sp³-hybridized carbons (Fsp3) is 0.455. The lowest BCUT2D eigenvalue weighted by Gasteiger charge is -2.24. The number of hydrogen-bond donors (Lipinski definition) is 1. The summed E-state index contributed by atoms with van der Waals surface area (Å²) in [5, 5.41) is 3.00. The molecule has 1 heterocycles. The third kappa shape index (κ3) is 2.00. The van der Waals surface area contributed by atoms with E-state index in [-0.39, 0.29) is 5.56 Å². The maximum absolute atomic E-state index is 13.4. The molecular weight excluding hydrogens is 203 g/mol. The Bertz CT molecular complexity index is 359. The first-order valence-electron chi connectivity index (χ1n) is 5.07. The minimum Gasteiger partial charge on any atom is -0.310 e. The maximum Gasteiger partial charge on any atom is 0.166 e. The highest BCUT2D eigenvalue weighted by Gasteiger charge is 2.23. The maximum atomic E-state index is 13.4. The van der Waals surface area contributed by atoms with Crippen LogP contribution < -0.4 is 5.32 Å². The molecule has 0 spiro atoms. The molecule has 0 radical (unpaired) electrons. The summed E-state index contributed by atoms with van der Waals surface area (Å²) in [6.45, 7) is 0.722. The van der Waals surface area contributed by atoms with Crippen molar-refractivity contribution >= 4 is 0 Å². The molecule has 1 N–H and O–H groups in total. The standard InChI is InChI=1S/C11H12F3N/c12-7-4-5-8(13)11(14)10(7)9-3-1-2-6-15-9/h4-5,9,15H,1-3,6H2/t9-/m0/s1. The molecule has 1 atom stereocenters. The highest BCUT2D eigenvalue weighted by molar-refractivity contribution is 5.24. The molecule has 82 valence electrons. The molecule has 15 heavy (non-hydrogen) atoms. The van der Waals surface area contributed by atoms with Gasteiger partial charge in [-0.1, -0.05) is 6.42 Å². The Morgan fingerprint density at radius 3 is 2.47 bits per heavy atom. The highest BCUT2D eigenvalue weighted by atomic mass is 19.2. The molecule has 0 aliphatic carbocycles. The highest BCUT2D eigenvalue weighted by Crippen LogP contribution is 2.28. The molecule has 1 aromatic carbocycles. The van der Waals surface area contributed by atoms with Gasteiger partial charge in [0.15, 0.2) is 11.6 Å². The van der Waals surface area contributed by atoms with E-state index in [1.54, 1.807) is 0 Å². The van der Waals surface area contributed by atoms with Crippen LogP contribution in [0.4, 0.5) is 13.2 Å². The first-order chi connectivity index (χ1) is 7.20. The van der Waals surface area contributed by atoms with Crippen molar-refractivity contribution in [2.75, 3.05) is 6.54 Å². The molecule has 0 bridgehead atoms. The van der Waals surface area contributed by atoms with Crippen LogP contribution in [-0.4, -0.2) is 6.54 Å². The molecule has 0 saturated carbocycles. The van der Waals surface area contributed by atoms with Gasteiger partial charge in [0.2, 0.25) is 0 Å². The summed E-state index contributed by atoms with van der Waals surface area (Å²) < 4.78 is 39.7. The van der Waals surface area contributed by atoms with E-state index >= 15 is 0 Å². The van der Waals surface area contributed by atoms with Crippen molar-refractivity contribution in [2.24, 2.45) is 0 Å². The SMILES string of the molecule is Fc1ccc(F)c([C@@H]2CCCCN2)c1F. The predicted molar refractivity (Wildman–Crippen MR) is 50.9 cm³/mol. The van der Waals surface area contributed by atoms with E-state index in [9.17, 15) is 13.2 Å². The van der Waals surface area contributed by atoms with Gasteiger partial charge in [0.05, 0.1) is 0 Å². The molecule has 0 aromatic heterocycles. The summed E-state index contributed by atoms with van der Waals surface area (Å²) in [6, 6.07) is 1.40. The summed E-state index contributed by atoms with van der Waals surface area (Å²) in [7, 11) is 0. The van der Waals surface area contributed by atoms with Crippen molar-refractivity contribution in [1.29, 1.82) is 0 Å². The van der Waals surface area contributed by atoms with Gasteiger partial charge in [0.25, 0.3) is 0 Å². The van der Waals surface area contributed by atoms with Crippen molar-refractivity contribution in [3.8, 4) is 0 Å². The number of rotatable bonds is 1. The zero-order valence-electron chi connectivity index (χ0n) is 8.19. The molecular formula is C11H12F3N. The van der Waals surface area contributed by atoms with E-state index in [0.29, 0.717) is 6.42 Å². The second-order valence-corrected chi connectivity index (χ2v) is 3.76. The van der Waals surface area contributed by atoms with E-state index < -0.39 is 23.5 Å². The van der Waals surface area contributed by atoms with Crippen LogP contribution in [0.5, 0.6) is 0 Å². The van der Waals surface area contributed by atoms with Crippen molar-refractivity contribution in [3.63, 3.8) is 0 Å². The van der Waals surface area contributed by atoms with Crippen LogP contribution >= 0.6 is 0 Å². The predicted octanol–water partition coefficient (Wildman–Crippen LogP) is 2.92. The number of hydrogen-bond acceptors (Lipinski definition) is 1. The van der Waals surface area contributed by atoms with Gasteiger partial charge >= 0.3 is 0 Å². The topological polar surface area (TPSA) is 12.0 Å². The van der Waals surface area contributed by atoms with Crippen molar-refractivity contribution in [3.05, 3.63) is 35.1 Å². The van der Waals surface area contributed by atoms with Crippen LogP contribution in [0.1, 0.15) is 30.9 Å². The zero-order valence-corrected chi connectivity index (χ0v) is 8.19. The Balaban J connectivity index is 2.36. The summed E-state index contributed by atoms with van der Waals surface area (Å²) >= 11 is 0. The summed E-state index contributed by atoms with van der Waals surface area (Å²) in [5.74, 6) is -2.72. The van der Waals surface area contributed by atoms with E-state index in [2.05, 4.69) is 5.32 Å². The van der Waals surface area contributed by atoms with Gasteiger partial charge in [0.1, 0.15) is 5.82 Å². The van der Waals surface area contributed by atoms with Crippen LogP contribution in [0.2, 0.25) is 0 Å². The minimum absolute atomic E-state index is 0.158. The lowest BCUT2D eigenvalue weighted by atomic mass is 9.96. The minimum atomic E-state index is -1.06. The van der Waals surface area contributed by atoms with E-state index in [4.69, 9.17) is 0 Å². The van der Waals surface area contributed by atoms with Crippen molar-refractivity contribution in [1.82, 2.24) is 5.32 Å². The second-order valence-electron chi connectivity index (χ2n) is 3.76. The average molecular weight is 215 g/mol. The second kappa shape index (κ2) is 4.23. The molecule has 1 nitrogen and oxygen atoms in total. The zero-order chi connectivity index (χ0) is 10.8. The van der Waals surface area contributed by atoms with Crippen LogP contribution in [0.15, 0.2) is 12.1 Å². The van der Waals surface area contributed by atoms with Crippen LogP contribution in [0.3, 0.4) is 0 Å². The lowest BCUT2D eigenvalue weighted by Crippen LogP contribution is -2.28. The molecule has 1 aromatic rings. The van der Waals surface area contributed by atoms with Gasteiger partial charge in [-0.05, 0) is 31.5 Å². The third-order valence-electron chi connectivity index (χ3n) is 2.74. The first kappa shape index (κ1) is 10.5. The van der Waals surface area contributed by atoms with Crippen LogP contribution in [0, 0.1) is 17.5 Å². The summed E-state index contributed by atoms with van der Waals surface area (Å²) in [6.07, 6.45) is 2.55. The number of nitrogens with one attached hydrogen (secondary N) is 1. The number of halogens is 3. The number of benzene rings is 1. The van der Waals surface area contributed by atoms with Crippen molar-refractivity contribution < 1.29 is 13.2 Å². The molecule has 1 aliphatic heterocycles. The van der Waals surface area contributed by atoms with Gasteiger partial charge in [-0.25, -0.2) is 13.2 Å². The van der Waals surface area contributed by atoms with E-state index in [0.717, 1.165) is 31.5 Å². The Morgan fingerprint density at radius 1 is 1.07 bits per heavy atom. The Kier molecular flexibility index (Phi) is 2.95. The molecule has 4 heteroatoms. The molecule has 1 aliphatic rings. The van der Waals surface area contributed by atoms with E-state index in [1.165, 1.54) is 0 Å². The quantitative estimate of drug-likeness (QED) is 0.710. The third-order valence-corrected chi connectivity index (χ3v) is 2.74. The summed E-state index contributed by atoms with van der Waals surface area (Å²) in [5.41, 5.74) is -0.158. The first-order valence-corrected chi connectivity index (χ1v) is 5.07. The average Bonchev–Trinajstić information content (AvgIpc) is 2.26. The van der Waals surface area contributed by atoms with Crippen LogP contribution in [-0.2, 0) is 0 Å². The summed E-state index contributed by atoms with van der Waals surface area (Å²) in [4.78, 5) is 0. The molecule has 0 amide bonds. The van der Waals surface area contributed by atoms with Gasteiger partial charge in [0, 0.05) is 11.6 Å². The fourth-order valence-corrected chi connectivity index (χ4v) is 1.96. The van der Waals surface area contributed by atoms with Crippen LogP contribution in [0.25, 0.3) is 0 Å². The molecule has 2 rings (SSSR count). The normalized spacial score (nSPS) is 21.7. The number of piperidine rings is 1. The monoisotopic (exact) mass is 215 g/mol. The Labute approximate surface area is 86.3 Å². The van der Waals surface area contributed by atoms with Gasteiger partial charge < -0.3 is 5.32 Å². The largest absolute Gasteiger partial charge is 0.310 e. The molecule has 1 fully saturated rings. The smallest absolute Gasteiger partial charge is 0.166 e. The Morgan fingerprint density at radius 2 is 1.80 bits per heavy atom. The van der Waals surface area contributed by atoms with Gasteiger partial charge in [-0.15, -0.1) is 0 Å². The lowest BCUT2D eigenvalue weighted by molar-refractivity contribution is 0.375. The van der Waals surface area contributed by atoms with Gasteiger partial charge in [-0.3, -0.25) is 0 Å². The fourth-order valence-electron chi connectivity index (χ4n) is 1.96. The van der Waals surface area contributed by atoms with Gasteiger partial charge in [-0.2, -0.15) is 0 Å². The molecule has 0 unspecified atom stereocenters. The van der Waals surface area contributed by atoms with Crippen molar-refractivity contribution in [2.45, 2.75) is 25.3 Å².